The Balaban J connectivity index is 2.50. The van der Waals surface area contributed by atoms with Crippen molar-refractivity contribution in [2.75, 3.05) is 11.9 Å². The van der Waals surface area contributed by atoms with Crippen LogP contribution in [0.5, 0.6) is 0 Å². The molecule has 1 rings (SSSR count). The van der Waals surface area contributed by atoms with Crippen molar-refractivity contribution in [2.24, 2.45) is 5.92 Å². The molecular weight excluding hydrogens is 250 g/mol. The molecule has 0 bridgehead atoms. The largest absolute Gasteiger partial charge is 0.384 e. The average molecular weight is 270 g/mol. The quantitative estimate of drug-likeness (QED) is 0.824. The zero-order chi connectivity index (χ0) is 11.3. The molecule has 0 aliphatic carbocycles. The third-order valence-corrected chi connectivity index (χ3v) is 3.20. The Bertz CT molecular complexity index is 309. The van der Waals surface area contributed by atoms with Gasteiger partial charge in [0.1, 0.15) is 0 Å². The molecule has 0 saturated carbocycles. The monoisotopic (exact) mass is 269 g/mol. The van der Waals surface area contributed by atoms with Crippen molar-refractivity contribution in [3.63, 3.8) is 0 Å². The number of halogens is 1. The van der Waals surface area contributed by atoms with E-state index in [0.717, 1.165) is 16.9 Å². The molecule has 15 heavy (non-hydrogen) atoms. The molecule has 0 spiro atoms. The summed E-state index contributed by atoms with van der Waals surface area (Å²) in [5.74, 6) is 0.739. The van der Waals surface area contributed by atoms with E-state index in [1.165, 1.54) is 24.1 Å². The van der Waals surface area contributed by atoms with Gasteiger partial charge in [-0.25, -0.2) is 0 Å². The van der Waals surface area contributed by atoms with Gasteiger partial charge >= 0.3 is 0 Å². The maximum absolute atomic E-state index is 3.57. The second-order valence-corrected chi connectivity index (χ2v) is 5.11. The van der Waals surface area contributed by atoms with Crippen LogP contribution >= 0.6 is 15.9 Å². The Morgan fingerprint density at radius 1 is 1.40 bits per heavy atom. The summed E-state index contributed by atoms with van der Waals surface area (Å²) in [7, 11) is 0. The van der Waals surface area contributed by atoms with Crippen LogP contribution in [0.3, 0.4) is 0 Å². The smallest absolute Gasteiger partial charge is 0.0484 e. The van der Waals surface area contributed by atoms with Gasteiger partial charge in [0.25, 0.3) is 0 Å². The second kappa shape index (κ2) is 6.16. The van der Waals surface area contributed by atoms with Crippen LogP contribution in [0.4, 0.5) is 5.69 Å². The van der Waals surface area contributed by atoms with E-state index in [4.69, 9.17) is 0 Å². The van der Waals surface area contributed by atoms with Gasteiger partial charge in [-0.2, -0.15) is 0 Å². The van der Waals surface area contributed by atoms with Gasteiger partial charge in [-0.3, -0.25) is 0 Å². The molecule has 1 aromatic carbocycles. The molecule has 1 unspecified atom stereocenters. The maximum atomic E-state index is 3.57. The summed E-state index contributed by atoms with van der Waals surface area (Å²) in [6, 6.07) is 6.42. The SMILES string of the molecule is CCCC(C)CNc1ccc(C)cc1Br. The Labute approximate surface area is 101 Å². The van der Waals surface area contributed by atoms with E-state index in [2.05, 4.69) is 60.2 Å². The predicted octanol–water partition coefficient (Wildman–Crippen LogP) is 4.61. The summed E-state index contributed by atoms with van der Waals surface area (Å²) in [6.45, 7) is 7.68. The lowest BCUT2D eigenvalue weighted by atomic mass is 10.1. The minimum Gasteiger partial charge on any atom is -0.384 e. The molecule has 0 aromatic heterocycles. The first-order valence-electron chi connectivity index (χ1n) is 5.63. The van der Waals surface area contributed by atoms with Crippen LogP contribution in [-0.2, 0) is 0 Å². The molecule has 0 heterocycles. The van der Waals surface area contributed by atoms with E-state index in [1.807, 2.05) is 0 Å². The van der Waals surface area contributed by atoms with Crippen LogP contribution in [0.2, 0.25) is 0 Å². The summed E-state index contributed by atoms with van der Waals surface area (Å²) in [5.41, 5.74) is 2.48. The van der Waals surface area contributed by atoms with Gasteiger partial charge in [-0.1, -0.05) is 26.3 Å². The van der Waals surface area contributed by atoms with Crippen molar-refractivity contribution in [1.82, 2.24) is 0 Å². The van der Waals surface area contributed by atoms with Crippen molar-refractivity contribution in [3.8, 4) is 0 Å². The summed E-state index contributed by atoms with van der Waals surface area (Å²) < 4.78 is 1.16. The van der Waals surface area contributed by atoms with Gasteiger partial charge in [-0.15, -0.1) is 0 Å². The van der Waals surface area contributed by atoms with Crippen LogP contribution in [0.25, 0.3) is 0 Å². The zero-order valence-electron chi connectivity index (χ0n) is 9.81. The summed E-state index contributed by atoms with van der Waals surface area (Å²) in [6.07, 6.45) is 2.55. The van der Waals surface area contributed by atoms with Crippen LogP contribution in [0.15, 0.2) is 22.7 Å². The molecule has 1 nitrogen and oxygen atoms in total. The first-order valence-corrected chi connectivity index (χ1v) is 6.42. The Hall–Kier alpha value is -0.500. The van der Waals surface area contributed by atoms with E-state index < -0.39 is 0 Å². The number of hydrogen-bond donors (Lipinski definition) is 1. The molecule has 2 heteroatoms. The topological polar surface area (TPSA) is 12.0 Å². The van der Waals surface area contributed by atoms with Crippen molar-refractivity contribution in [2.45, 2.75) is 33.6 Å². The minimum absolute atomic E-state index is 0.739. The number of rotatable bonds is 5. The molecule has 0 amide bonds. The van der Waals surface area contributed by atoms with Gasteiger partial charge in [-0.05, 0) is 52.9 Å². The Morgan fingerprint density at radius 2 is 2.13 bits per heavy atom. The second-order valence-electron chi connectivity index (χ2n) is 4.26. The van der Waals surface area contributed by atoms with Crippen LogP contribution in [0, 0.1) is 12.8 Å². The molecular formula is C13H20BrN. The highest BCUT2D eigenvalue weighted by atomic mass is 79.9. The number of aryl methyl sites for hydroxylation is 1. The van der Waals surface area contributed by atoms with Crippen molar-refractivity contribution in [3.05, 3.63) is 28.2 Å². The lowest BCUT2D eigenvalue weighted by Gasteiger charge is -2.14. The fourth-order valence-corrected chi connectivity index (χ4v) is 2.28. The standard InChI is InChI=1S/C13H20BrN/c1-4-5-11(3)9-15-13-7-6-10(2)8-12(13)14/h6-8,11,15H,4-5,9H2,1-3H3. The molecule has 0 aliphatic heterocycles. The van der Waals surface area contributed by atoms with Gasteiger partial charge < -0.3 is 5.32 Å². The highest BCUT2D eigenvalue weighted by molar-refractivity contribution is 9.10. The first-order chi connectivity index (χ1) is 7.13. The summed E-state index contributed by atoms with van der Waals surface area (Å²) in [5, 5.41) is 3.48. The third-order valence-electron chi connectivity index (χ3n) is 2.55. The normalized spacial score (nSPS) is 12.5. The lowest BCUT2D eigenvalue weighted by molar-refractivity contribution is 0.550. The number of anilines is 1. The molecule has 0 aliphatic rings. The van der Waals surface area contributed by atoms with Crippen LogP contribution < -0.4 is 5.32 Å². The molecule has 1 atom stereocenters. The molecule has 0 fully saturated rings. The average Bonchev–Trinajstić information content (AvgIpc) is 2.17. The zero-order valence-corrected chi connectivity index (χ0v) is 11.4. The van der Waals surface area contributed by atoms with Gasteiger partial charge in [0.05, 0.1) is 0 Å². The lowest BCUT2D eigenvalue weighted by Crippen LogP contribution is -2.11. The van der Waals surface area contributed by atoms with E-state index in [1.54, 1.807) is 0 Å². The number of benzene rings is 1. The minimum atomic E-state index is 0.739. The van der Waals surface area contributed by atoms with Crippen molar-refractivity contribution < 1.29 is 0 Å². The predicted molar refractivity (Wildman–Crippen MR) is 71.4 cm³/mol. The van der Waals surface area contributed by atoms with Gasteiger partial charge in [0, 0.05) is 16.7 Å². The number of nitrogens with one attached hydrogen (secondary N) is 1. The van der Waals surface area contributed by atoms with Gasteiger partial charge in [0.15, 0.2) is 0 Å². The molecule has 0 radical (unpaired) electrons. The van der Waals surface area contributed by atoms with Crippen molar-refractivity contribution >= 4 is 21.6 Å². The first kappa shape index (κ1) is 12.6. The highest BCUT2D eigenvalue weighted by Gasteiger charge is 2.02. The summed E-state index contributed by atoms with van der Waals surface area (Å²) >= 11 is 3.57. The Kier molecular flexibility index (Phi) is 5.16. The van der Waals surface area contributed by atoms with Crippen LogP contribution in [0.1, 0.15) is 32.3 Å². The van der Waals surface area contributed by atoms with Crippen LogP contribution in [-0.4, -0.2) is 6.54 Å². The third kappa shape index (κ3) is 4.25. The fraction of sp³-hybridized carbons (Fsp3) is 0.538. The van der Waals surface area contributed by atoms with E-state index in [0.29, 0.717) is 0 Å². The van der Waals surface area contributed by atoms with Crippen molar-refractivity contribution in [1.29, 1.82) is 0 Å². The number of hydrogen-bond acceptors (Lipinski definition) is 1. The molecule has 0 saturated heterocycles. The van der Waals surface area contributed by atoms with E-state index in [9.17, 15) is 0 Å². The highest BCUT2D eigenvalue weighted by Crippen LogP contribution is 2.23. The fourth-order valence-electron chi connectivity index (χ4n) is 1.64. The van der Waals surface area contributed by atoms with E-state index in [-0.39, 0.29) is 0 Å². The summed E-state index contributed by atoms with van der Waals surface area (Å²) in [4.78, 5) is 0. The maximum Gasteiger partial charge on any atom is 0.0484 e. The van der Waals surface area contributed by atoms with Gasteiger partial charge in [0.2, 0.25) is 0 Å². The Morgan fingerprint density at radius 3 is 2.73 bits per heavy atom. The van der Waals surface area contributed by atoms with E-state index >= 15 is 0 Å². The molecule has 1 N–H and O–H groups in total. The molecule has 1 aromatic rings. The molecule has 84 valence electrons.